The summed E-state index contributed by atoms with van der Waals surface area (Å²) in [6.07, 6.45) is -2.81. The second-order valence-electron chi connectivity index (χ2n) is 5.52. The zero-order valence-electron chi connectivity index (χ0n) is 14.2. The third-order valence-corrected chi connectivity index (χ3v) is 3.86. The van der Waals surface area contributed by atoms with Gasteiger partial charge in [-0.3, -0.25) is 4.98 Å². The Hall–Kier alpha value is -2.87. The highest BCUT2D eigenvalue weighted by Crippen LogP contribution is 2.35. The molecule has 5 nitrogen and oxygen atoms in total. The molecule has 0 atom stereocenters. The van der Waals surface area contributed by atoms with Gasteiger partial charge >= 0.3 is 6.18 Å². The van der Waals surface area contributed by atoms with Crippen LogP contribution < -0.4 is 10.6 Å². The Labute approximate surface area is 158 Å². The van der Waals surface area contributed by atoms with Crippen molar-refractivity contribution < 1.29 is 13.2 Å². The summed E-state index contributed by atoms with van der Waals surface area (Å²) in [7, 11) is 0. The molecule has 0 bridgehead atoms. The Morgan fingerprint density at radius 1 is 1.04 bits per heavy atom. The average Bonchev–Trinajstić information content (AvgIpc) is 2.63. The summed E-state index contributed by atoms with van der Waals surface area (Å²) < 4.78 is 38.4. The van der Waals surface area contributed by atoms with Gasteiger partial charge in [-0.25, -0.2) is 4.98 Å². The minimum Gasteiger partial charge on any atom is -0.354 e. The monoisotopic (exact) mass is 393 g/mol. The number of benzene rings is 1. The van der Waals surface area contributed by atoms with E-state index in [1.807, 2.05) is 13.0 Å². The van der Waals surface area contributed by atoms with E-state index in [4.69, 9.17) is 11.6 Å². The number of rotatable bonds is 5. The first-order valence-corrected chi connectivity index (χ1v) is 8.42. The second kappa shape index (κ2) is 7.79. The highest BCUT2D eigenvalue weighted by molar-refractivity contribution is 6.33. The third-order valence-electron chi connectivity index (χ3n) is 3.55. The molecule has 0 aliphatic carbocycles. The van der Waals surface area contributed by atoms with Gasteiger partial charge in [0.2, 0.25) is 5.95 Å². The molecule has 2 heterocycles. The van der Waals surface area contributed by atoms with Gasteiger partial charge in [-0.15, -0.1) is 0 Å². The molecule has 27 heavy (non-hydrogen) atoms. The highest BCUT2D eigenvalue weighted by Gasteiger charge is 2.30. The molecule has 0 amide bonds. The SMILES string of the molecule is CCNc1nc(Nc2ccc(C(F)(F)F)cc2Cl)cc(-c2ccccn2)n1. The van der Waals surface area contributed by atoms with Gasteiger partial charge in [0.15, 0.2) is 0 Å². The van der Waals surface area contributed by atoms with E-state index in [9.17, 15) is 13.2 Å². The minimum atomic E-state index is -4.46. The maximum absolute atomic E-state index is 12.8. The molecule has 3 aromatic rings. The predicted octanol–water partition coefficient (Wildman–Crippen LogP) is 5.39. The van der Waals surface area contributed by atoms with Gasteiger partial charge in [-0.1, -0.05) is 17.7 Å². The van der Waals surface area contributed by atoms with E-state index in [0.717, 1.165) is 12.1 Å². The number of hydrogen-bond donors (Lipinski definition) is 2. The van der Waals surface area contributed by atoms with Crippen LogP contribution in [-0.2, 0) is 6.18 Å². The van der Waals surface area contributed by atoms with Crippen LogP contribution in [0.3, 0.4) is 0 Å². The fraction of sp³-hybridized carbons (Fsp3) is 0.167. The van der Waals surface area contributed by atoms with Crippen molar-refractivity contribution in [3.8, 4) is 11.4 Å². The molecular formula is C18H15ClF3N5. The zero-order valence-corrected chi connectivity index (χ0v) is 14.9. The van der Waals surface area contributed by atoms with Crippen LogP contribution in [0, 0.1) is 0 Å². The van der Waals surface area contributed by atoms with Crippen molar-refractivity contribution in [3.05, 3.63) is 59.2 Å². The number of aromatic nitrogens is 3. The molecule has 2 aromatic heterocycles. The molecule has 0 fully saturated rings. The number of alkyl halides is 3. The van der Waals surface area contributed by atoms with Gasteiger partial charge in [0.25, 0.3) is 0 Å². The highest BCUT2D eigenvalue weighted by atomic mass is 35.5. The fourth-order valence-electron chi connectivity index (χ4n) is 2.32. The molecule has 0 aliphatic heterocycles. The topological polar surface area (TPSA) is 62.7 Å². The quantitative estimate of drug-likeness (QED) is 0.608. The van der Waals surface area contributed by atoms with Gasteiger partial charge < -0.3 is 10.6 Å². The molecule has 9 heteroatoms. The lowest BCUT2D eigenvalue weighted by molar-refractivity contribution is -0.137. The van der Waals surface area contributed by atoms with Crippen molar-refractivity contribution >= 4 is 29.1 Å². The van der Waals surface area contributed by atoms with Gasteiger partial charge in [0, 0.05) is 18.8 Å². The van der Waals surface area contributed by atoms with Crippen molar-refractivity contribution in [3.63, 3.8) is 0 Å². The van der Waals surface area contributed by atoms with Crippen molar-refractivity contribution in [2.24, 2.45) is 0 Å². The van der Waals surface area contributed by atoms with E-state index in [-0.39, 0.29) is 5.02 Å². The zero-order chi connectivity index (χ0) is 19.4. The summed E-state index contributed by atoms with van der Waals surface area (Å²) in [6, 6.07) is 10.2. The minimum absolute atomic E-state index is 0.0622. The van der Waals surface area contributed by atoms with E-state index < -0.39 is 11.7 Å². The molecule has 0 radical (unpaired) electrons. The number of halogens is 4. The first-order valence-electron chi connectivity index (χ1n) is 8.05. The van der Waals surface area contributed by atoms with Gasteiger partial charge in [-0.05, 0) is 37.3 Å². The van der Waals surface area contributed by atoms with Crippen LogP contribution in [-0.4, -0.2) is 21.5 Å². The number of nitrogens with zero attached hydrogens (tertiary/aromatic N) is 3. The molecule has 140 valence electrons. The van der Waals surface area contributed by atoms with Crippen LogP contribution in [0.2, 0.25) is 5.02 Å². The van der Waals surface area contributed by atoms with Crippen LogP contribution in [0.1, 0.15) is 12.5 Å². The fourth-order valence-corrected chi connectivity index (χ4v) is 2.55. The second-order valence-corrected chi connectivity index (χ2v) is 5.93. The van der Waals surface area contributed by atoms with E-state index in [1.165, 1.54) is 6.07 Å². The molecular weight excluding hydrogens is 379 g/mol. The number of anilines is 3. The standard InChI is InChI=1S/C18H15ClF3N5/c1-2-23-17-26-15(14-5-3-4-8-24-14)10-16(27-17)25-13-7-6-11(9-12(13)19)18(20,21)22/h3-10H,2H2,1H3,(H2,23,25,26,27). The van der Waals surface area contributed by atoms with E-state index in [1.54, 1.807) is 24.4 Å². The largest absolute Gasteiger partial charge is 0.416 e. The van der Waals surface area contributed by atoms with Crippen molar-refractivity contribution in [2.75, 3.05) is 17.2 Å². The van der Waals surface area contributed by atoms with Crippen LogP contribution in [0.25, 0.3) is 11.4 Å². The molecule has 0 saturated carbocycles. The van der Waals surface area contributed by atoms with Crippen LogP contribution in [0.15, 0.2) is 48.7 Å². The first-order chi connectivity index (χ1) is 12.9. The lowest BCUT2D eigenvalue weighted by Crippen LogP contribution is -2.07. The number of pyridine rings is 1. The summed E-state index contributed by atoms with van der Waals surface area (Å²) in [5, 5.41) is 5.90. The Kier molecular flexibility index (Phi) is 5.46. The van der Waals surface area contributed by atoms with E-state index in [0.29, 0.717) is 35.4 Å². The van der Waals surface area contributed by atoms with Crippen molar-refractivity contribution in [1.29, 1.82) is 0 Å². The van der Waals surface area contributed by atoms with Crippen LogP contribution >= 0.6 is 11.6 Å². The maximum atomic E-state index is 12.8. The summed E-state index contributed by atoms with van der Waals surface area (Å²) in [5.74, 6) is 0.745. The normalized spacial score (nSPS) is 11.3. The smallest absolute Gasteiger partial charge is 0.354 e. The van der Waals surface area contributed by atoms with Gasteiger partial charge in [0.05, 0.1) is 27.7 Å². The van der Waals surface area contributed by atoms with Gasteiger partial charge in [-0.2, -0.15) is 18.2 Å². The third kappa shape index (κ3) is 4.65. The number of hydrogen-bond acceptors (Lipinski definition) is 5. The van der Waals surface area contributed by atoms with E-state index >= 15 is 0 Å². The Balaban J connectivity index is 1.96. The Bertz CT molecular complexity index is 932. The molecule has 0 saturated heterocycles. The van der Waals surface area contributed by atoms with Crippen LogP contribution in [0.4, 0.5) is 30.6 Å². The lowest BCUT2D eigenvalue weighted by atomic mass is 10.2. The molecule has 1 aromatic carbocycles. The predicted molar refractivity (Wildman–Crippen MR) is 99.2 cm³/mol. The number of nitrogens with one attached hydrogen (secondary N) is 2. The van der Waals surface area contributed by atoms with Crippen LogP contribution in [0.5, 0.6) is 0 Å². The summed E-state index contributed by atoms with van der Waals surface area (Å²) in [6.45, 7) is 2.50. The molecule has 2 N–H and O–H groups in total. The molecule has 0 spiro atoms. The summed E-state index contributed by atoms with van der Waals surface area (Å²) >= 11 is 6.01. The first kappa shape index (κ1) is 18.9. The van der Waals surface area contributed by atoms with Crippen molar-refractivity contribution in [1.82, 2.24) is 15.0 Å². The molecule has 3 rings (SSSR count). The summed E-state index contributed by atoms with van der Waals surface area (Å²) in [4.78, 5) is 13.0. The molecule has 0 unspecified atom stereocenters. The maximum Gasteiger partial charge on any atom is 0.416 e. The Morgan fingerprint density at radius 2 is 1.85 bits per heavy atom. The lowest BCUT2D eigenvalue weighted by Gasteiger charge is -2.13. The summed E-state index contributed by atoms with van der Waals surface area (Å²) in [5.41, 5.74) is 0.689. The Morgan fingerprint density at radius 3 is 2.48 bits per heavy atom. The average molecular weight is 394 g/mol. The van der Waals surface area contributed by atoms with E-state index in [2.05, 4.69) is 25.6 Å². The van der Waals surface area contributed by atoms with Crippen molar-refractivity contribution in [2.45, 2.75) is 13.1 Å². The molecule has 0 aliphatic rings. The van der Waals surface area contributed by atoms with Gasteiger partial charge in [0.1, 0.15) is 5.82 Å².